The molecule has 0 spiro atoms. The van der Waals surface area contributed by atoms with Gasteiger partial charge in [0.2, 0.25) is 0 Å². The van der Waals surface area contributed by atoms with E-state index in [1.165, 1.54) is 13.2 Å². The van der Waals surface area contributed by atoms with Crippen molar-refractivity contribution >= 4 is 11.9 Å². The van der Waals surface area contributed by atoms with Crippen LogP contribution in [0, 0.1) is 0 Å². The first kappa shape index (κ1) is 9.77. The normalized spacial score (nSPS) is 14.6. The molecule has 1 N–H and O–H groups in total. The molecular formula is C12H12O3. The van der Waals surface area contributed by atoms with Crippen molar-refractivity contribution in [2.75, 3.05) is 7.11 Å². The Kier molecular flexibility index (Phi) is 2.46. The number of ketones is 1. The van der Waals surface area contributed by atoms with Crippen molar-refractivity contribution in [3.05, 3.63) is 29.3 Å². The fourth-order valence-corrected chi connectivity index (χ4v) is 1.69. The molecule has 1 aromatic carbocycles. The molecular weight excluding hydrogens is 192 g/mol. The summed E-state index contributed by atoms with van der Waals surface area (Å²) in [7, 11) is 1.49. The maximum atomic E-state index is 11.7. The zero-order valence-corrected chi connectivity index (χ0v) is 8.49. The van der Waals surface area contributed by atoms with Gasteiger partial charge in [0.05, 0.1) is 7.11 Å². The maximum absolute atomic E-state index is 11.7. The molecule has 0 radical (unpaired) electrons. The molecule has 1 aliphatic carbocycles. The fourth-order valence-electron chi connectivity index (χ4n) is 1.69. The molecule has 0 saturated carbocycles. The highest BCUT2D eigenvalue weighted by atomic mass is 16.5. The predicted octanol–water partition coefficient (Wildman–Crippen LogP) is 2.39. The minimum absolute atomic E-state index is 0.0138. The van der Waals surface area contributed by atoms with E-state index >= 15 is 0 Å². The van der Waals surface area contributed by atoms with E-state index in [1.54, 1.807) is 6.07 Å². The number of aromatic hydroxyl groups is 1. The lowest BCUT2D eigenvalue weighted by molar-refractivity contribution is 0.0984. The topological polar surface area (TPSA) is 46.5 Å². The van der Waals surface area contributed by atoms with Gasteiger partial charge in [-0.25, -0.2) is 0 Å². The van der Waals surface area contributed by atoms with Gasteiger partial charge in [-0.1, -0.05) is 12.2 Å². The highest BCUT2D eigenvalue weighted by molar-refractivity contribution is 6.01. The van der Waals surface area contributed by atoms with Crippen molar-refractivity contribution in [1.82, 2.24) is 0 Å². The third-order valence-electron chi connectivity index (χ3n) is 2.49. The van der Waals surface area contributed by atoms with Crippen LogP contribution in [0.2, 0.25) is 0 Å². The van der Waals surface area contributed by atoms with Gasteiger partial charge in [0.25, 0.3) is 0 Å². The number of phenolic OH excluding ortho intramolecular Hbond substituents is 1. The van der Waals surface area contributed by atoms with Crippen LogP contribution in [0.1, 0.15) is 28.8 Å². The zero-order chi connectivity index (χ0) is 10.8. The molecule has 2 rings (SSSR count). The van der Waals surface area contributed by atoms with Gasteiger partial charge >= 0.3 is 0 Å². The standard InChI is InChI=1S/C12H12O3/c1-15-12-6-8-4-2-3-5-10(13)9(8)7-11(12)14/h2,4,6-7,14H,3,5H2,1H3. The molecule has 0 saturated heterocycles. The second-order valence-electron chi connectivity index (χ2n) is 3.48. The molecule has 3 heteroatoms. The molecule has 1 aliphatic rings. The van der Waals surface area contributed by atoms with E-state index in [0.29, 0.717) is 17.7 Å². The van der Waals surface area contributed by atoms with Crippen molar-refractivity contribution in [2.45, 2.75) is 12.8 Å². The number of carbonyl (C=O) groups excluding carboxylic acids is 1. The van der Waals surface area contributed by atoms with Crippen LogP contribution >= 0.6 is 0 Å². The van der Waals surface area contributed by atoms with E-state index in [0.717, 1.165) is 12.0 Å². The number of phenols is 1. The Hall–Kier alpha value is -1.77. The van der Waals surface area contributed by atoms with Gasteiger partial charge in [-0.15, -0.1) is 0 Å². The fraction of sp³-hybridized carbons (Fsp3) is 0.250. The third-order valence-corrected chi connectivity index (χ3v) is 2.49. The Morgan fingerprint density at radius 1 is 1.40 bits per heavy atom. The predicted molar refractivity (Wildman–Crippen MR) is 57.3 cm³/mol. The molecule has 1 aromatic rings. The van der Waals surface area contributed by atoms with Crippen LogP contribution in [0.5, 0.6) is 11.5 Å². The molecule has 0 aliphatic heterocycles. The zero-order valence-electron chi connectivity index (χ0n) is 8.49. The molecule has 0 bridgehead atoms. The highest BCUT2D eigenvalue weighted by Crippen LogP contribution is 2.32. The lowest BCUT2D eigenvalue weighted by Crippen LogP contribution is -2.00. The number of methoxy groups -OCH3 is 1. The van der Waals surface area contributed by atoms with E-state index in [4.69, 9.17) is 4.74 Å². The van der Waals surface area contributed by atoms with Gasteiger partial charge < -0.3 is 9.84 Å². The molecule has 0 amide bonds. The van der Waals surface area contributed by atoms with Gasteiger partial charge in [-0.05, 0) is 24.1 Å². The first-order chi connectivity index (χ1) is 7.22. The molecule has 0 unspecified atom stereocenters. The minimum atomic E-state index is 0.0138. The van der Waals surface area contributed by atoms with Gasteiger partial charge in [0, 0.05) is 12.0 Å². The van der Waals surface area contributed by atoms with E-state index in [2.05, 4.69) is 0 Å². The molecule has 15 heavy (non-hydrogen) atoms. The van der Waals surface area contributed by atoms with Gasteiger partial charge in [0.15, 0.2) is 17.3 Å². The van der Waals surface area contributed by atoms with Gasteiger partial charge in [-0.3, -0.25) is 4.79 Å². The molecule has 0 fully saturated rings. The average Bonchev–Trinajstić information content (AvgIpc) is 2.40. The number of hydrogen-bond acceptors (Lipinski definition) is 3. The molecule has 3 nitrogen and oxygen atoms in total. The lowest BCUT2D eigenvalue weighted by atomic mass is 10.0. The second-order valence-corrected chi connectivity index (χ2v) is 3.48. The van der Waals surface area contributed by atoms with Crippen molar-refractivity contribution in [1.29, 1.82) is 0 Å². The Bertz CT molecular complexity index is 433. The molecule has 0 atom stereocenters. The number of allylic oxidation sites excluding steroid dienone is 1. The van der Waals surface area contributed by atoms with Gasteiger partial charge in [0.1, 0.15) is 0 Å². The summed E-state index contributed by atoms with van der Waals surface area (Å²) in [6.45, 7) is 0. The smallest absolute Gasteiger partial charge is 0.163 e. The average molecular weight is 204 g/mol. The summed E-state index contributed by atoms with van der Waals surface area (Å²) in [6.07, 6.45) is 5.09. The summed E-state index contributed by atoms with van der Waals surface area (Å²) in [5.74, 6) is 0.473. The lowest BCUT2D eigenvalue weighted by Gasteiger charge is -2.08. The summed E-state index contributed by atoms with van der Waals surface area (Å²) in [6, 6.07) is 3.16. The SMILES string of the molecule is COc1cc2c(cc1O)C(=O)CCC=C2. The van der Waals surface area contributed by atoms with Crippen molar-refractivity contribution in [3.8, 4) is 11.5 Å². The van der Waals surface area contributed by atoms with E-state index in [1.807, 2.05) is 12.2 Å². The number of ether oxygens (including phenoxy) is 1. The Morgan fingerprint density at radius 3 is 2.93 bits per heavy atom. The van der Waals surface area contributed by atoms with Crippen LogP contribution in [0.3, 0.4) is 0 Å². The first-order valence-corrected chi connectivity index (χ1v) is 4.83. The summed E-state index contributed by atoms with van der Waals surface area (Å²) in [5, 5.41) is 9.57. The quantitative estimate of drug-likeness (QED) is 0.764. The minimum Gasteiger partial charge on any atom is -0.504 e. The first-order valence-electron chi connectivity index (χ1n) is 4.83. The number of rotatable bonds is 1. The number of carbonyl (C=O) groups is 1. The van der Waals surface area contributed by atoms with Crippen LogP contribution in [-0.2, 0) is 0 Å². The molecule has 0 heterocycles. The summed E-state index contributed by atoms with van der Waals surface area (Å²) >= 11 is 0. The number of fused-ring (bicyclic) bond motifs is 1. The second kappa shape index (κ2) is 3.77. The summed E-state index contributed by atoms with van der Waals surface area (Å²) < 4.78 is 4.99. The summed E-state index contributed by atoms with van der Waals surface area (Å²) in [5.41, 5.74) is 1.38. The monoisotopic (exact) mass is 204 g/mol. The highest BCUT2D eigenvalue weighted by Gasteiger charge is 2.15. The van der Waals surface area contributed by atoms with Crippen LogP contribution in [-0.4, -0.2) is 18.0 Å². The van der Waals surface area contributed by atoms with Crippen molar-refractivity contribution < 1.29 is 14.6 Å². The van der Waals surface area contributed by atoms with Crippen molar-refractivity contribution in [3.63, 3.8) is 0 Å². The Balaban J connectivity index is 2.59. The number of Topliss-reactive ketones (excluding diaryl/α,β-unsaturated/α-hetero) is 1. The Labute approximate surface area is 88.0 Å². The van der Waals surface area contributed by atoms with Crippen LogP contribution < -0.4 is 4.74 Å². The largest absolute Gasteiger partial charge is 0.504 e. The molecule has 78 valence electrons. The van der Waals surface area contributed by atoms with Gasteiger partial charge in [-0.2, -0.15) is 0 Å². The summed E-state index contributed by atoms with van der Waals surface area (Å²) in [4.78, 5) is 11.7. The van der Waals surface area contributed by atoms with Crippen molar-refractivity contribution in [2.24, 2.45) is 0 Å². The number of hydrogen-bond donors (Lipinski definition) is 1. The number of benzene rings is 1. The Morgan fingerprint density at radius 2 is 2.20 bits per heavy atom. The van der Waals surface area contributed by atoms with Crippen LogP contribution in [0.25, 0.3) is 6.08 Å². The van der Waals surface area contributed by atoms with Crippen LogP contribution in [0.15, 0.2) is 18.2 Å². The maximum Gasteiger partial charge on any atom is 0.163 e. The van der Waals surface area contributed by atoms with E-state index in [-0.39, 0.29) is 11.5 Å². The third kappa shape index (κ3) is 1.73. The van der Waals surface area contributed by atoms with E-state index < -0.39 is 0 Å². The van der Waals surface area contributed by atoms with E-state index in [9.17, 15) is 9.90 Å². The van der Waals surface area contributed by atoms with Crippen LogP contribution in [0.4, 0.5) is 0 Å². The molecule has 0 aromatic heterocycles.